The first kappa shape index (κ1) is 24.6. The largest absolute Gasteiger partial charge is 0.507 e. The highest BCUT2D eigenvalue weighted by Crippen LogP contribution is 2.34. The summed E-state index contributed by atoms with van der Waals surface area (Å²) in [5.41, 5.74) is 4.63. The van der Waals surface area contributed by atoms with Crippen molar-refractivity contribution in [3.05, 3.63) is 60.4 Å². The van der Waals surface area contributed by atoms with Gasteiger partial charge in [-0.05, 0) is 30.0 Å². The molecule has 0 radical (unpaired) electrons. The molecule has 3 heterocycles. The average Bonchev–Trinajstić information content (AvgIpc) is 3.63. The lowest BCUT2D eigenvalue weighted by Crippen LogP contribution is -2.47. The molecule has 2 aromatic heterocycles. The number of benzene rings is 2. The van der Waals surface area contributed by atoms with Gasteiger partial charge in [-0.25, -0.2) is 4.98 Å². The lowest BCUT2D eigenvalue weighted by molar-refractivity contribution is 0.188. The molecule has 38 heavy (non-hydrogen) atoms. The molecular weight excluding hydrogens is 478 g/mol. The van der Waals surface area contributed by atoms with Crippen LogP contribution in [0, 0.1) is 0 Å². The van der Waals surface area contributed by atoms with E-state index >= 15 is 0 Å². The van der Waals surface area contributed by atoms with Crippen LogP contribution in [0.25, 0.3) is 22.3 Å². The lowest BCUT2D eigenvalue weighted by Gasteiger charge is -2.34. The van der Waals surface area contributed by atoms with Crippen LogP contribution in [0.5, 0.6) is 5.75 Å². The van der Waals surface area contributed by atoms with Gasteiger partial charge in [0.05, 0.1) is 12.9 Å². The SMILES string of the molecule is OCCN1CCN(c2nc(NCc3ccc(-c4ccccc4O)cc3)c3ncn(C4CCCC4)c3n2)CC1. The molecule has 0 amide bonds. The smallest absolute Gasteiger partial charge is 0.229 e. The average molecular weight is 514 g/mol. The van der Waals surface area contributed by atoms with Crippen LogP contribution in [-0.4, -0.2) is 74.0 Å². The van der Waals surface area contributed by atoms with E-state index in [0.717, 1.165) is 78.6 Å². The first-order chi connectivity index (χ1) is 18.7. The van der Waals surface area contributed by atoms with Crippen molar-refractivity contribution in [3.63, 3.8) is 0 Å². The van der Waals surface area contributed by atoms with E-state index in [1.807, 2.05) is 36.7 Å². The number of β-amino-alcohol motifs (C(OH)–C–C–N with tert-alkyl or cyclic N) is 1. The summed E-state index contributed by atoms with van der Waals surface area (Å²) in [4.78, 5) is 19.3. The van der Waals surface area contributed by atoms with Crippen LogP contribution >= 0.6 is 0 Å². The maximum absolute atomic E-state index is 10.2. The van der Waals surface area contributed by atoms with Gasteiger partial charge in [-0.2, -0.15) is 9.97 Å². The fourth-order valence-corrected chi connectivity index (χ4v) is 5.64. The van der Waals surface area contributed by atoms with Gasteiger partial charge in [0.1, 0.15) is 5.75 Å². The van der Waals surface area contributed by atoms with Crippen LogP contribution in [0.3, 0.4) is 0 Å². The number of aromatic nitrogens is 4. The van der Waals surface area contributed by atoms with E-state index in [9.17, 15) is 10.2 Å². The summed E-state index contributed by atoms with van der Waals surface area (Å²) in [5, 5.41) is 23.0. The maximum atomic E-state index is 10.2. The number of aliphatic hydroxyl groups is 1. The molecule has 2 fully saturated rings. The van der Waals surface area contributed by atoms with Gasteiger partial charge in [-0.1, -0.05) is 55.3 Å². The number of anilines is 2. The minimum atomic E-state index is 0.185. The molecule has 4 aromatic rings. The zero-order chi connectivity index (χ0) is 25.9. The number of fused-ring (bicyclic) bond motifs is 1. The molecule has 1 aliphatic carbocycles. The standard InChI is InChI=1S/C29H35N7O2/c37-18-17-34-13-15-35(16-14-34)29-32-27(26-28(33-29)36(20-31-26)23-5-1-2-6-23)30-19-21-9-11-22(12-10-21)24-7-3-4-8-25(24)38/h3-4,7-12,20,23,37-38H,1-2,5-6,13-19H2,(H,30,32,33). The second-order valence-electron chi connectivity index (χ2n) is 10.3. The Hall–Kier alpha value is -3.69. The monoisotopic (exact) mass is 513 g/mol. The Morgan fingerprint density at radius 3 is 2.42 bits per heavy atom. The number of hydrogen-bond donors (Lipinski definition) is 3. The molecule has 6 rings (SSSR count). The first-order valence-corrected chi connectivity index (χ1v) is 13.6. The van der Waals surface area contributed by atoms with Crippen molar-refractivity contribution in [1.29, 1.82) is 0 Å². The van der Waals surface area contributed by atoms with Gasteiger partial charge in [-0.15, -0.1) is 0 Å². The highest BCUT2D eigenvalue weighted by atomic mass is 16.3. The van der Waals surface area contributed by atoms with E-state index < -0.39 is 0 Å². The number of rotatable bonds is 8. The molecule has 198 valence electrons. The van der Waals surface area contributed by atoms with Crippen molar-refractivity contribution in [1.82, 2.24) is 24.4 Å². The zero-order valence-corrected chi connectivity index (χ0v) is 21.6. The molecule has 9 nitrogen and oxygen atoms in total. The number of phenols is 1. The third-order valence-electron chi connectivity index (χ3n) is 7.83. The topological polar surface area (TPSA) is 103 Å². The number of phenolic OH excluding ortho intramolecular Hbond substituents is 1. The summed E-state index contributed by atoms with van der Waals surface area (Å²) in [6.07, 6.45) is 6.76. The van der Waals surface area contributed by atoms with E-state index in [2.05, 4.69) is 31.8 Å². The third-order valence-corrected chi connectivity index (χ3v) is 7.83. The van der Waals surface area contributed by atoms with Gasteiger partial charge < -0.3 is 25.0 Å². The molecule has 0 bridgehead atoms. The molecule has 0 atom stereocenters. The van der Waals surface area contributed by atoms with Crippen molar-refractivity contribution in [3.8, 4) is 16.9 Å². The summed E-state index contributed by atoms with van der Waals surface area (Å²) < 4.78 is 2.25. The van der Waals surface area contributed by atoms with Crippen LogP contribution in [0.2, 0.25) is 0 Å². The Labute approximate surface area is 222 Å². The summed E-state index contributed by atoms with van der Waals surface area (Å²) in [6, 6.07) is 16.1. The predicted molar refractivity (Wildman–Crippen MR) is 149 cm³/mol. The Bertz CT molecular complexity index is 1370. The van der Waals surface area contributed by atoms with E-state index in [1.165, 1.54) is 12.8 Å². The van der Waals surface area contributed by atoms with Gasteiger partial charge in [0.25, 0.3) is 0 Å². The summed E-state index contributed by atoms with van der Waals surface area (Å²) in [5.74, 6) is 1.77. The normalized spacial score (nSPS) is 16.9. The van der Waals surface area contributed by atoms with Gasteiger partial charge in [-0.3, -0.25) is 4.90 Å². The Balaban J connectivity index is 1.26. The van der Waals surface area contributed by atoms with Gasteiger partial charge >= 0.3 is 0 Å². The van der Waals surface area contributed by atoms with Crippen LogP contribution in [0.4, 0.5) is 11.8 Å². The van der Waals surface area contributed by atoms with Crippen LogP contribution in [-0.2, 0) is 6.54 Å². The predicted octanol–water partition coefficient (Wildman–Crippen LogP) is 4.04. The fourth-order valence-electron chi connectivity index (χ4n) is 5.64. The van der Waals surface area contributed by atoms with Crippen LogP contribution < -0.4 is 10.2 Å². The number of aliphatic hydroxyl groups excluding tert-OH is 1. The lowest BCUT2D eigenvalue weighted by atomic mass is 10.0. The molecule has 1 aliphatic heterocycles. The molecule has 1 saturated carbocycles. The summed E-state index contributed by atoms with van der Waals surface area (Å²) >= 11 is 0. The molecule has 0 spiro atoms. The quantitative estimate of drug-likeness (QED) is 0.324. The molecule has 3 N–H and O–H groups in total. The molecule has 9 heteroatoms. The van der Waals surface area contributed by atoms with E-state index in [0.29, 0.717) is 19.1 Å². The van der Waals surface area contributed by atoms with Crippen molar-refractivity contribution in [2.75, 3.05) is 49.5 Å². The van der Waals surface area contributed by atoms with Gasteiger partial charge in [0, 0.05) is 50.9 Å². The fraction of sp³-hybridized carbons (Fsp3) is 0.414. The number of hydrogen-bond acceptors (Lipinski definition) is 8. The summed E-state index contributed by atoms with van der Waals surface area (Å²) in [6.45, 7) is 4.92. The van der Waals surface area contributed by atoms with Crippen LogP contribution in [0.1, 0.15) is 37.3 Å². The summed E-state index contributed by atoms with van der Waals surface area (Å²) in [7, 11) is 0. The highest BCUT2D eigenvalue weighted by Gasteiger charge is 2.24. The molecular formula is C29H35N7O2. The minimum Gasteiger partial charge on any atom is -0.507 e. The Morgan fingerprint density at radius 1 is 0.921 bits per heavy atom. The van der Waals surface area contributed by atoms with Gasteiger partial charge in [0.2, 0.25) is 5.95 Å². The third kappa shape index (κ3) is 5.04. The minimum absolute atomic E-state index is 0.185. The maximum Gasteiger partial charge on any atom is 0.229 e. The van der Waals surface area contributed by atoms with Gasteiger partial charge in [0.15, 0.2) is 17.0 Å². The van der Waals surface area contributed by atoms with E-state index in [-0.39, 0.29) is 12.4 Å². The highest BCUT2D eigenvalue weighted by molar-refractivity contribution is 5.84. The Morgan fingerprint density at radius 2 is 1.68 bits per heavy atom. The number of nitrogens with one attached hydrogen (secondary N) is 1. The first-order valence-electron chi connectivity index (χ1n) is 13.6. The molecule has 2 aliphatic rings. The van der Waals surface area contributed by atoms with Crippen LogP contribution in [0.15, 0.2) is 54.9 Å². The molecule has 1 saturated heterocycles. The zero-order valence-electron chi connectivity index (χ0n) is 21.6. The van der Waals surface area contributed by atoms with E-state index in [4.69, 9.17) is 15.0 Å². The molecule has 2 aromatic carbocycles. The number of imidazole rings is 1. The number of nitrogens with zero attached hydrogens (tertiary/aromatic N) is 6. The van der Waals surface area contributed by atoms with Crippen molar-refractivity contribution >= 4 is 22.9 Å². The molecule has 0 unspecified atom stereocenters. The number of aromatic hydroxyl groups is 1. The Kier molecular flexibility index (Phi) is 7.11. The number of piperazine rings is 1. The van der Waals surface area contributed by atoms with E-state index in [1.54, 1.807) is 6.07 Å². The van der Waals surface area contributed by atoms with Crippen molar-refractivity contribution in [2.45, 2.75) is 38.3 Å². The van der Waals surface area contributed by atoms with Crippen molar-refractivity contribution in [2.24, 2.45) is 0 Å². The second kappa shape index (κ2) is 11.0. The number of para-hydroxylation sites is 1. The second-order valence-corrected chi connectivity index (χ2v) is 10.3. The van der Waals surface area contributed by atoms with Crippen molar-refractivity contribution < 1.29 is 10.2 Å².